The average Bonchev–Trinajstić information content (AvgIpc) is 2.85. The van der Waals surface area contributed by atoms with Gasteiger partial charge in [0.1, 0.15) is 23.0 Å². The van der Waals surface area contributed by atoms with Crippen LogP contribution >= 0.6 is 11.3 Å². The van der Waals surface area contributed by atoms with Crippen LogP contribution in [0, 0.1) is 6.92 Å². The first kappa shape index (κ1) is 14.5. The van der Waals surface area contributed by atoms with Gasteiger partial charge >= 0.3 is 5.97 Å². The summed E-state index contributed by atoms with van der Waals surface area (Å²) in [7, 11) is 0. The number of fused-ring (bicyclic) bond motifs is 1. The highest BCUT2D eigenvalue weighted by molar-refractivity contribution is 7.19. The normalized spacial score (nSPS) is 12.3. The molecule has 5 nitrogen and oxygen atoms in total. The Morgan fingerprint density at radius 2 is 2.00 bits per heavy atom. The Morgan fingerprint density at radius 3 is 2.68 bits per heavy atom. The lowest BCUT2D eigenvalue weighted by Gasteiger charge is -2.12. The number of aromatic nitrogens is 2. The number of carboxylic acids is 1. The van der Waals surface area contributed by atoms with E-state index in [0.717, 1.165) is 26.2 Å². The molecule has 3 rings (SSSR count). The lowest BCUT2D eigenvalue weighted by atomic mass is 10.0. The van der Waals surface area contributed by atoms with E-state index in [-0.39, 0.29) is 0 Å². The monoisotopic (exact) mass is 313 g/mol. The van der Waals surface area contributed by atoms with Gasteiger partial charge in [-0.15, -0.1) is 11.3 Å². The van der Waals surface area contributed by atoms with Crippen LogP contribution in [0.1, 0.15) is 11.8 Å². The number of hydrogen-bond acceptors (Lipinski definition) is 5. The van der Waals surface area contributed by atoms with Gasteiger partial charge in [-0.2, -0.15) is 0 Å². The summed E-state index contributed by atoms with van der Waals surface area (Å²) in [6.07, 6.45) is 1.46. The highest BCUT2D eigenvalue weighted by Gasteiger charge is 2.19. The maximum absolute atomic E-state index is 11.1. The minimum Gasteiger partial charge on any atom is -0.480 e. The molecule has 2 heterocycles. The second kappa shape index (κ2) is 5.73. The fraction of sp³-hybridized carbons (Fsp3) is 0.188. The van der Waals surface area contributed by atoms with Gasteiger partial charge in [0.15, 0.2) is 0 Å². The van der Waals surface area contributed by atoms with Crippen LogP contribution in [-0.2, 0) is 4.79 Å². The van der Waals surface area contributed by atoms with Gasteiger partial charge in [0.25, 0.3) is 0 Å². The van der Waals surface area contributed by atoms with Crippen LogP contribution in [0.15, 0.2) is 36.7 Å². The molecular weight excluding hydrogens is 298 g/mol. The van der Waals surface area contributed by atoms with E-state index in [2.05, 4.69) is 15.3 Å². The Bertz CT molecular complexity index is 830. The number of rotatable bonds is 4. The number of benzene rings is 1. The molecule has 3 aromatic rings. The lowest BCUT2D eigenvalue weighted by Crippen LogP contribution is -2.26. The molecule has 0 bridgehead atoms. The zero-order chi connectivity index (χ0) is 15.7. The molecule has 0 saturated carbocycles. The number of carboxylic acid groups (broad SMARTS) is 1. The summed E-state index contributed by atoms with van der Waals surface area (Å²) < 4.78 is 0. The number of thiophene rings is 1. The molecule has 6 heteroatoms. The maximum atomic E-state index is 11.1. The smallest absolute Gasteiger partial charge is 0.325 e. The third-order valence-electron chi connectivity index (χ3n) is 3.45. The van der Waals surface area contributed by atoms with Crippen LogP contribution in [0.2, 0.25) is 0 Å². The molecule has 2 N–H and O–H groups in total. The number of anilines is 1. The average molecular weight is 313 g/mol. The first-order valence-electron chi connectivity index (χ1n) is 6.86. The highest BCUT2D eigenvalue weighted by Crippen LogP contribution is 2.40. The summed E-state index contributed by atoms with van der Waals surface area (Å²) >= 11 is 1.58. The predicted octanol–water partition coefficient (Wildman–Crippen LogP) is 3.55. The van der Waals surface area contributed by atoms with Gasteiger partial charge in [0, 0.05) is 10.4 Å². The second-order valence-corrected chi connectivity index (χ2v) is 6.21. The quantitative estimate of drug-likeness (QED) is 0.770. The molecule has 22 heavy (non-hydrogen) atoms. The molecule has 1 atom stereocenters. The molecule has 0 aliphatic rings. The minimum absolute atomic E-state index is 0.558. The number of nitrogens with zero attached hydrogens (tertiary/aromatic N) is 2. The number of hydrogen-bond donors (Lipinski definition) is 2. The molecule has 0 aliphatic carbocycles. The van der Waals surface area contributed by atoms with Crippen molar-refractivity contribution in [2.45, 2.75) is 19.9 Å². The number of carbonyl (C=O) groups is 1. The van der Waals surface area contributed by atoms with Crippen LogP contribution in [0.25, 0.3) is 21.3 Å². The van der Waals surface area contributed by atoms with E-state index in [4.69, 9.17) is 5.11 Å². The van der Waals surface area contributed by atoms with Crippen molar-refractivity contribution in [1.82, 2.24) is 9.97 Å². The molecular formula is C16H15N3O2S. The van der Waals surface area contributed by atoms with Crippen LogP contribution in [0.5, 0.6) is 0 Å². The van der Waals surface area contributed by atoms with Crippen LogP contribution in [-0.4, -0.2) is 27.1 Å². The Hall–Kier alpha value is -2.47. The fourth-order valence-corrected chi connectivity index (χ4v) is 3.39. The first-order valence-corrected chi connectivity index (χ1v) is 7.68. The summed E-state index contributed by atoms with van der Waals surface area (Å²) in [4.78, 5) is 21.7. The summed E-state index contributed by atoms with van der Waals surface area (Å²) in [6.45, 7) is 3.64. The predicted molar refractivity (Wildman–Crippen MR) is 88.3 cm³/mol. The fourth-order valence-electron chi connectivity index (χ4n) is 2.37. The standard InChI is InChI=1S/C16H15N3O2S/c1-9(16(20)21)19-14-13-12(11-6-4-3-5-7-11)10(2)22-15(13)18-8-17-14/h3-9H,1-2H3,(H,20,21)(H,17,18,19)/t9-/m0/s1. The Balaban J connectivity index is 2.20. The van der Waals surface area contributed by atoms with Gasteiger partial charge in [-0.1, -0.05) is 30.3 Å². The molecule has 1 aromatic carbocycles. The van der Waals surface area contributed by atoms with Gasteiger partial charge in [-0.05, 0) is 19.4 Å². The highest BCUT2D eigenvalue weighted by atomic mass is 32.1. The summed E-state index contributed by atoms with van der Waals surface area (Å²) in [5.41, 5.74) is 2.13. The maximum Gasteiger partial charge on any atom is 0.325 e. The van der Waals surface area contributed by atoms with E-state index in [9.17, 15) is 4.79 Å². The Labute approximate surface area is 131 Å². The van der Waals surface area contributed by atoms with E-state index < -0.39 is 12.0 Å². The Morgan fingerprint density at radius 1 is 1.27 bits per heavy atom. The van der Waals surface area contributed by atoms with Gasteiger partial charge in [0.2, 0.25) is 0 Å². The molecule has 0 aliphatic heterocycles. The molecule has 0 spiro atoms. The van der Waals surface area contributed by atoms with Crippen molar-refractivity contribution in [3.8, 4) is 11.1 Å². The van der Waals surface area contributed by atoms with Crippen molar-refractivity contribution in [2.75, 3.05) is 5.32 Å². The lowest BCUT2D eigenvalue weighted by molar-refractivity contribution is -0.137. The van der Waals surface area contributed by atoms with Crippen molar-refractivity contribution in [3.63, 3.8) is 0 Å². The SMILES string of the molecule is Cc1sc2ncnc(N[C@@H](C)C(=O)O)c2c1-c1ccccc1. The van der Waals surface area contributed by atoms with Crippen molar-refractivity contribution in [1.29, 1.82) is 0 Å². The zero-order valence-electron chi connectivity index (χ0n) is 12.2. The zero-order valence-corrected chi connectivity index (χ0v) is 13.0. The third kappa shape index (κ3) is 2.53. The van der Waals surface area contributed by atoms with E-state index in [1.54, 1.807) is 18.3 Å². The second-order valence-electron chi connectivity index (χ2n) is 5.01. The molecule has 112 valence electrons. The van der Waals surface area contributed by atoms with Gasteiger partial charge < -0.3 is 10.4 Å². The minimum atomic E-state index is -0.917. The number of nitrogens with one attached hydrogen (secondary N) is 1. The van der Waals surface area contributed by atoms with Gasteiger partial charge in [-0.25, -0.2) is 9.97 Å². The summed E-state index contributed by atoms with van der Waals surface area (Å²) in [5.74, 6) is -0.358. The van der Waals surface area contributed by atoms with E-state index in [1.807, 2.05) is 37.3 Å². The topological polar surface area (TPSA) is 75.1 Å². The largest absolute Gasteiger partial charge is 0.480 e. The van der Waals surface area contributed by atoms with Crippen molar-refractivity contribution >= 4 is 33.3 Å². The van der Waals surface area contributed by atoms with E-state index >= 15 is 0 Å². The van der Waals surface area contributed by atoms with Crippen molar-refractivity contribution < 1.29 is 9.90 Å². The summed E-state index contributed by atoms with van der Waals surface area (Å²) in [6, 6.07) is 9.28. The van der Waals surface area contributed by atoms with Crippen molar-refractivity contribution in [3.05, 3.63) is 41.5 Å². The molecule has 0 unspecified atom stereocenters. The molecule has 2 aromatic heterocycles. The summed E-state index contributed by atoms with van der Waals surface area (Å²) in [5, 5.41) is 12.9. The molecule has 0 amide bonds. The van der Waals surface area contributed by atoms with Gasteiger partial charge in [0.05, 0.1) is 5.39 Å². The van der Waals surface area contributed by atoms with E-state index in [0.29, 0.717) is 5.82 Å². The van der Waals surface area contributed by atoms with Gasteiger partial charge in [-0.3, -0.25) is 4.79 Å². The number of aliphatic carboxylic acids is 1. The van der Waals surface area contributed by atoms with Crippen LogP contribution < -0.4 is 5.32 Å². The first-order chi connectivity index (χ1) is 10.6. The molecule has 0 saturated heterocycles. The number of aryl methyl sites for hydroxylation is 1. The third-order valence-corrected chi connectivity index (χ3v) is 4.46. The van der Waals surface area contributed by atoms with Crippen LogP contribution in [0.4, 0.5) is 5.82 Å². The van der Waals surface area contributed by atoms with Crippen molar-refractivity contribution in [2.24, 2.45) is 0 Å². The van der Waals surface area contributed by atoms with E-state index in [1.165, 1.54) is 6.33 Å². The molecule has 0 radical (unpaired) electrons. The molecule has 0 fully saturated rings. The van der Waals surface area contributed by atoms with Crippen LogP contribution in [0.3, 0.4) is 0 Å². The Kier molecular flexibility index (Phi) is 3.77.